The Morgan fingerprint density at radius 3 is 1.80 bits per heavy atom. The number of allylic oxidation sites excluding steroid dienone is 21. The summed E-state index contributed by atoms with van der Waals surface area (Å²) in [6.07, 6.45) is 41.9. The summed E-state index contributed by atoms with van der Waals surface area (Å²) in [5.74, 6) is 3.28. The van der Waals surface area contributed by atoms with Crippen LogP contribution in [0.1, 0.15) is 127 Å². The average Bonchev–Trinajstić information content (AvgIpc) is 3.76. The molecule has 0 heterocycles. The van der Waals surface area contributed by atoms with Crippen molar-refractivity contribution >= 4 is 25.5 Å². The van der Waals surface area contributed by atoms with Gasteiger partial charge in [0.25, 0.3) is 0 Å². The molecule has 0 amide bonds. The predicted molar refractivity (Wildman–Crippen MR) is 355 cm³/mol. The third kappa shape index (κ3) is 14.3. The monoisotopic (exact) mass is 1050 g/mol. The number of hydrogen-bond acceptors (Lipinski definition) is 0. The Morgan fingerprint density at radius 2 is 1.18 bits per heavy atom. The van der Waals surface area contributed by atoms with Gasteiger partial charge in [-0.2, -0.15) is 0 Å². The van der Waals surface area contributed by atoms with E-state index < -0.39 is 10.8 Å². The summed E-state index contributed by atoms with van der Waals surface area (Å²) in [6, 6.07) is 55.2. The smallest absolute Gasteiger partial charge is 0.0713 e. The summed E-state index contributed by atoms with van der Waals surface area (Å²) < 4.78 is 0. The quantitative estimate of drug-likeness (QED) is 0.0485. The maximum atomic E-state index is 5.95. The van der Waals surface area contributed by atoms with Crippen LogP contribution in [-0.2, 0) is 17.3 Å². The minimum atomic E-state index is -0.559. The predicted octanol–water partition coefficient (Wildman–Crippen LogP) is 21.4. The van der Waals surface area contributed by atoms with Gasteiger partial charge in [-0.3, -0.25) is 0 Å². The molecule has 6 aromatic rings. The zero-order chi connectivity index (χ0) is 57.2. The molecule has 2 aliphatic carbocycles. The van der Waals surface area contributed by atoms with Crippen molar-refractivity contribution in [2.24, 2.45) is 5.92 Å². The molecule has 2 aliphatic rings. The molecule has 0 nitrogen and oxygen atoms in total. The van der Waals surface area contributed by atoms with Crippen LogP contribution in [0, 0.1) is 18.3 Å². The van der Waals surface area contributed by atoms with Gasteiger partial charge in [-0.15, -0.1) is 6.42 Å². The molecule has 0 aromatic heterocycles. The van der Waals surface area contributed by atoms with Crippen LogP contribution in [0.25, 0.3) is 22.8 Å². The largest absolute Gasteiger partial charge is 0.115 e. The molecule has 0 fully saturated rings. The van der Waals surface area contributed by atoms with Crippen molar-refractivity contribution in [3.8, 4) is 23.5 Å². The molecule has 0 saturated heterocycles. The molecule has 4 unspecified atom stereocenters. The lowest BCUT2D eigenvalue weighted by atomic mass is 9.51. The zero-order valence-electron chi connectivity index (χ0n) is 49.2. The topological polar surface area (TPSA) is 0 Å². The maximum Gasteiger partial charge on any atom is 0.0713 e. The van der Waals surface area contributed by atoms with Gasteiger partial charge in [0.1, 0.15) is 0 Å². The van der Waals surface area contributed by atoms with E-state index in [-0.39, 0.29) is 0 Å². The molecule has 0 bridgehead atoms. The Hall–Kier alpha value is -7.81. The van der Waals surface area contributed by atoms with E-state index in [1.165, 1.54) is 94.1 Å². The molecule has 1 heteroatoms. The summed E-state index contributed by atoms with van der Waals surface area (Å²) in [6.45, 7) is 31.3. The van der Waals surface area contributed by atoms with Crippen LogP contribution < -0.4 is 5.30 Å². The van der Waals surface area contributed by atoms with Crippen LogP contribution in [0.5, 0.6) is 0 Å². The van der Waals surface area contributed by atoms with Crippen molar-refractivity contribution in [1.82, 2.24) is 0 Å². The van der Waals surface area contributed by atoms with E-state index in [0.717, 1.165) is 12.8 Å². The highest BCUT2D eigenvalue weighted by molar-refractivity contribution is 7.52. The standard InChI is InChI=1S/C55H54.C19H19P.2C2H6/c1-9-13-16-27-40(5)39-46-30-19-20-35-49(46)54(8)50-36-21-22-37-51(50)55(47(26-12-4)41(6)42(7)48(55)34-14-10-2)52-38-24-33-45(53(52)54)32-23-31-43(25-11-3)44-28-17-15-18-29-44;1-3-8-18(9-4-2)20-19-14-12-17(13-15-19)16-10-6-5-7-11-16;2*1-2/h2,9,11-26,28-38,40H,1,27,39H2,3-8H3;3-15,20H,1H2,2H3;2*1-2H3/b16-13-,25-11-,26-12-,32-23+,34-14-,43-31+;9-4-,18-8+;;. The van der Waals surface area contributed by atoms with Gasteiger partial charge in [-0.05, 0) is 167 Å². The van der Waals surface area contributed by atoms with Gasteiger partial charge in [0.05, 0.1) is 5.41 Å². The Labute approximate surface area is 480 Å². The summed E-state index contributed by atoms with van der Waals surface area (Å²) in [4.78, 5) is 0. The minimum Gasteiger partial charge on any atom is -0.115 e. The highest BCUT2D eigenvalue weighted by Gasteiger charge is 2.55. The number of terminal acetylenes is 1. The molecule has 402 valence electrons. The summed E-state index contributed by atoms with van der Waals surface area (Å²) in [5, 5.41) is 2.64. The van der Waals surface area contributed by atoms with Crippen molar-refractivity contribution in [1.29, 1.82) is 0 Å². The average molecular weight is 1050 g/mol. The van der Waals surface area contributed by atoms with Crippen LogP contribution in [-0.4, -0.2) is 0 Å². The fraction of sp³-hybridized carbons (Fsp3) is 0.205. The van der Waals surface area contributed by atoms with E-state index in [9.17, 15) is 0 Å². The van der Waals surface area contributed by atoms with Gasteiger partial charge < -0.3 is 0 Å². The first-order chi connectivity index (χ1) is 38.6. The van der Waals surface area contributed by atoms with E-state index in [4.69, 9.17) is 6.42 Å². The third-order valence-electron chi connectivity index (χ3n) is 14.6. The van der Waals surface area contributed by atoms with Crippen molar-refractivity contribution in [2.45, 2.75) is 99.8 Å². The second kappa shape index (κ2) is 31.6. The van der Waals surface area contributed by atoms with Crippen molar-refractivity contribution in [3.05, 3.63) is 328 Å². The fourth-order valence-corrected chi connectivity index (χ4v) is 12.3. The SMILES string of the molecule is C#C/C=C\C1=C(C)C(C)=C(/C=C\C)C12c1ccccc1C(C)(c1ccccc1CC(C)C/C=C\C=C)c1c(/C=C/C=C(\C=C/C)c3ccccc3)cccc12.C=C/C=C(\C=C/C)Pc1ccc(-c2ccccc2)cc1.CC.CC. The lowest BCUT2D eigenvalue weighted by Crippen LogP contribution is -2.44. The van der Waals surface area contributed by atoms with Crippen LogP contribution in [0.3, 0.4) is 0 Å². The molecule has 6 aromatic carbocycles. The molecular weight excluding hydrogens is 968 g/mol. The molecule has 0 aliphatic heterocycles. The third-order valence-corrected chi connectivity index (χ3v) is 15.8. The Bertz CT molecular complexity index is 3330. The number of rotatable bonds is 17. The van der Waals surface area contributed by atoms with Crippen molar-refractivity contribution in [3.63, 3.8) is 0 Å². The Kier molecular flexibility index (Phi) is 24.8. The van der Waals surface area contributed by atoms with Crippen LogP contribution >= 0.6 is 8.58 Å². The first-order valence-electron chi connectivity index (χ1n) is 28.3. The van der Waals surface area contributed by atoms with Crippen LogP contribution in [0.2, 0.25) is 0 Å². The highest BCUT2D eigenvalue weighted by Crippen LogP contribution is 2.63. The molecule has 0 saturated carbocycles. The maximum absolute atomic E-state index is 5.95. The first-order valence-corrected chi connectivity index (χ1v) is 29.3. The number of hydrogen-bond donors (Lipinski definition) is 0. The molecule has 4 atom stereocenters. The first kappa shape index (κ1) is 62.0. The summed E-state index contributed by atoms with van der Waals surface area (Å²) in [7, 11) is 0.666. The fourth-order valence-electron chi connectivity index (χ4n) is 11.2. The molecule has 1 spiro atoms. The highest BCUT2D eigenvalue weighted by atomic mass is 31.1. The molecule has 0 radical (unpaired) electrons. The zero-order valence-corrected chi connectivity index (χ0v) is 50.2. The summed E-state index contributed by atoms with van der Waals surface area (Å²) >= 11 is 0. The van der Waals surface area contributed by atoms with Gasteiger partial charge in [-0.25, -0.2) is 0 Å². The van der Waals surface area contributed by atoms with Gasteiger partial charge in [0.15, 0.2) is 0 Å². The molecule has 79 heavy (non-hydrogen) atoms. The van der Waals surface area contributed by atoms with Gasteiger partial charge >= 0.3 is 0 Å². The molecule has 0 N–H and O–H groups in total. The van der Waals surface area contributed by atoms with Crippen molar-refractivity contribution < 1.29 is 0 Å². The summed E-state index contributed by atoms with van der Waals surface area (Å²) in [5.41, 5.74) is 18.1. The normalized spacial score (nSPS) is 17.5. The van der Waals surface area contributed by atoms with Crippen LogP contribution in [0.15, 0.2) is 284 Å². The Morgan fingerprint density at radius 1 is 0.595 bits per heavy atom. The van der Waals surface area contributed by atoms with Crippen LogP contribution in [0.4, 0.5) is 0 Å². The van der Waals surface area contributed by atoms with E-state index in [2.05, 4.69) is 285 Å². The molecule has 8 rings (SSSR count). The molecular formula is C78H85P. The van der Waals surface area contributed by atoms with Gasteiger partial charge in [0, 0.05) is 5.41 Å². The lowest BCUT2D eigenvalue weighted by Gasteiger charge is -2.50. The number of benzene rings is 6. The van der Waals surface area contributed by atoms with Gasteiger partial charge in [-0.1, -0.05) is 299 Å². The number of fused-ring (bicyclic) bond motifs is 4. The van der Waals surface area contributed by atoms with E-state index in [0.29, 0.717) is 14.5 Å². The lowest BCUT2D eigenvalue weighted by molar-refractivity contribution is 0.558. The van der Waals surface area contributed by atoms with E-state index in [1.54, 1.807) is 0 Å². The van der Waals surface area contributed by atoms with E-state index in [1.807, 2.05) is 58.9 Å². The van der Waals surface area contributed by atoms with E-state index >= 15 is 0 Å². The van der Waals surface area contributed by atoms with Crippen molar-refractivity contribution in [2.75, 3.05) is 0 Å². The second-order valence-electron chi connectivity index (χ2n) is 19.4. The second-order valence-corrected chi connectivity index (χ2v) is 20.8. The Balaban J connectivity index is 0.000000399. The van der Waals surface area contributed by atoms with Gasteiger partial charge in [0.2, 0.25) is 0 Å². The minimum absolute atomic E-state index is 0.460.